The Balaban J connectivity index is 1.74. The van der Waals surface area contributed by atoms with Gasteiger partial charge in [-0.1, -0.05) is 0 Å². The summed E-state index contributed by atoms with van der Waals surface area (Å²) in [5.41, 5.74) is 2.13. The number of hydrogen-bond acceptors (Lipinski definition) is 4. The fourth-order valence-corrected chi connectivity index (χ4v) is 4.88. The van der Waals surface area contributed by atoms with Gasteiger partial charge in [-0.25, -0.2) is 9.97 Å². The Morgan fingerprint density at radius 2 is 2.29 bits per heavy atom. The van der Waals surface area contributed by atoms with Crippen molar-refractivity contribution in [2.75, 3.05) is 19.3 Å². The molecule has 21 heavy (non-hydrogen) atoms. The van der Waals surface area contributed by atoms with Gasteiger partial charge < -0.3 is 9.47 Å². The molecule has 0 N–H and O–H groups in total. The summed E-state index contributed by atoms with van der Waals surface area (Å²) in [5.74, 6) is 2.52. The molecule has 5 heteroatoms. The number of hydrogen-bond donors (Lipinski definition) is 0. The highest BCUT2D eigenvalue weighted by atomic mass is 32.2. The van der Waals surface area contributed by atoms with Crippen LogP contribution in [-0.4, -0.2) is 44.8 Å². The van der Waals surface area contributed by atoms with Crippen LogP contribution < -0.4 is 0 Å². The topological polar surface area (TPSA) is 34.0 Å². The standard InChI is InChI=1S/C16H22N4S/c1-19-9-3-5-12(19)11-20-15-13(6-2-8-17-15)18-16(20)14-7-4-10-21-14/h2,6,8,12,14H,3-5,7,9-11H2,1H3. The van der Waals surface area contributed by atoms with Gasteiger partial charge in [0.15, 0.2) is 5.65 Å². The van der Waals surface area contributed by atoms with Crippen LogP contribution in [0.15, 0.2) is 18.3 Å². The molecular weight excluding hydrogens is 280 g/mol. The molecule has 4 heterocycles. The lowest BCUT2D eigenvalue weighted by Gasteiger charge is -2.22. The molecule has 2 fully saturated rings. The van der Waals surface area contributed by atoms with Gasteiger partial charge in [0.2, 0.25) is 0 Å². The van der Waals surface area contributed by atoms with Crippen molar-refractivity contribution in [3.05, 3.63) is 24.2 Å². The van der Waals surface area contributed by atoms with Crippen molar-refractivity contribution in [3.63, 3.8) is 0 Å². The molecule has 2 aliphatic rings. The van der Waals surface area contributed by atoms with E-state index in [1.165, 1.54) is 43.8 Å². The number of thioether (sulfide) groups is 1. The van der Waals surface area contributed by atoms with Gasteiger partial charge in [-0.15, -0.1) is 0 Å². The summed E-state index contributed by atoms with van der Waals surface area (Å²) in [5, 5.41) is 0.561. The van der Waals surface area contributed by atoms with Crippen LogP contribution in [0.3, 0.4) is 0 Å². The van der Waals surface area contributed by atoms with E-state index in [1.807, 2.05) is 12.3 Å². The number of likely N-dealkylation sites (tertiary alicyclic amines) is 1. The Hall–Kier alpha value is -1.07. The molecule has 112 valence electrons. The van der Waals surface area contributed by atoms with Crippen molar-refractivity contribution in [3.8, 4) is 0 Å². The molecule has 4 rings (SSSR count). The van der Waals surface area contributed by atoms with Gasteiger partial charge in [-0.2, -0.15) is 11.8 Å². The largest absolute Gasteiger partial charge is 0.310 e. The zero-order chi connectivity index (χ0) is 14.2. The smallest absolute Gasteiger partial charge is 0.160 e. The molecule has 0 saturated carbocycles. The lowest BCUT2D eigenvalue weighted by Crippen LogP contribution is -2.30. The number of aromatic nitrogens is 3. The molecule has 0 radical (unpaired) electrons. The maximum absolute atomic E-state index is 4.92. The number of pyridine rings is 1. The first kappa shape index (κ1) is 13.6. The Labute approximate surface area is 129 Å². The Kier molecular flexibility index (Phi) is 3.63. The van der Waals surface area contributed by atoms with Gasteiger partial charge in [0.1, 0.15) is 11.3 Å². The van der Waals surface area contributed by atoms with E-state index in [4.69, 9.17) is 4.98 Å². The normalized spacial score (nSPS) is 26.9. The second-order valence-corrected chi connectivity index (χ2v) is 7.52. The second-order valence-electron chi connectivity index (χ2n) is 6.21. The van der Waals surface area contributed by atoms with Crippen LogP contribution in [0.2, 0.25) is 0 Å². The van der Waals surface area contributed by atoms with Gasteiger partial charge >= 0.3 is 0 Å². The van der Waals surface area contributed by atoms with Crippen LogP contribution in [0.4, 0.5) is 0 Å². The summed E-state index contributed by atoms with van der Waals surface area (Å²) in [6.45, 7) is 2.26. The molecule has 0 aromatic carbocycles. The molecule has 0 amide bonds. The van der Waals surface area contributed by atoms with E-state index >= 15 is 0 Å². The molecular formula is C16H22N4S. The fraction of sp³-hybridized carbons (Fsp3) is 0.625. The lowest BCUT2D eigenvalue weighted by molar-refractivity contribution is 0.281. The number of likely N-dealkylation sites (N-methyl/N-ethyl adjacent to an activating group) is 1. The van der Waals surface area contributed by atoms with Gasteiger partial charge in [0.25, 0.3) is 0 Å². The fourth-order valence-electron chi connectivity index (χ4n) is 3.60. The minimum atomic E-state index is 0.561. The van der Waals surface area contributed by atoms with Gasteiger partial charge in [0, 0.05) is 18.8 Å². The maximum atomic E-state index is 4.92. The average molecular weight is 302 g/mol. The molecule has 0 aliphatic carbocycles. The molecule has 2 aliphatic heterocycles. The molecule has 2 unspecified atom stereocenters. The number of rotatable bonds is 3. The first-order chi connectivity index (χ1) is 10.3. The molecule has 2 saturated heterocycles. The molecule has 2 aromatic heterocycles. The summed E-state index contributed by atoms with van der Waals surface area (Å²) in [6, 6.07) is 4.72. The van der Waals surface area contributed by atoms with E-state index in [2.05, 4.69) is 39.3 Å². The minimum Gasteiger partial charge on any atom is -0.310 e. The maximum Gasteiger partial charge on any atom is 0.160 e. The van der Waals surface area contributed by atoms with Gasteiger partial charge in [-0.3, -0.25) is 0 Å². The first-order valence-corrected chi connectivity index (χ1v) is 9.01. The van der Waals surface area contributed by atoms with E-state index in [-0.39, 0.29) is 0 Å². The van der Waals surface area contributed by atoms with Gasteiger partial charge in [-0.05, 0) is 57.2 Å². The summed E-state index contributed by atoms with van der Waals surface area (Å²) >= 11 is 2.06. The van der Waals surface area contributed by atoms with Crippen molar-refractivity contribution >= 4 is 22.9 Å². The van der Waals surface area contributed by atoms with E-state index in [9.17, 15) is 0 Å². The molecule has 2 atom stereocenters. The zero-order valence-electron chi connectivity index (χ0n) is 12.5. The Morgan fingerprint density at radius 1 is 1.33 bits per heavy atom. The molecule has 4 nitrogen and oxygen atoms in total. The highest BCUT2D eigenvalue weighted by Gasteiger charge is 2.28. The second kappa shape index (κ2) is 5.61. The summed E-state index contributed by atoms with van der Waals surface area (Å²) in [6.07, 6.45) is 7.07. The van der Waals surface area contributed by atoms with Crippen LogP contribution in [0.25, 0.3) is 11.2 Å². The van der Waals surface area contributed by atoms with Gasteiger partial charge in [0.05, 0.1) is 5.25 Å². The van der Waals surface area contributed by atoms with Crippen molar-refractivity contribution in [1.29, 1.82) is 0 Å². The van der Waals surface area contributed by atoms with Crippen LogP contribution >= 0.6 is 11.8 Å². The highest BCUT2D eigenvalue weighted by molar-refractivity contribution is 7.99. The predicted molar refractivity (Wildman–Crippen MR) is 87.6 cm³/mol. The minimum absolute atomic E-state index is 0.561. The van der Waals surface area contributed by atoms with E-state index in [1.54, 1.807) is 0 Å². The summed E-state index contributed by atoms with van der Waals surface area (Å²) in [7, 11) is 2.24. The number of fused-ring (bicyclic) bond motifs is 1. The third kappa shape index (κ3) is 2.46. The molecule has 2 aromatic rings. The predicted octanol–water partition coefficient (Wildman–Crippen LogP) is 3.09. The molecule has 0 spiro atoms. The van der Waals surface area contributed by atoms with Crippen LogP contribution in [-0.2, 0) is 6.54 Å². The van der Waals surface area contributed by atoms with E-state index in [0.717, 1.165) is 17.7 Å². The van der Waals surface area contributed by atoms with Crippen molar-refractivity contribution < 1.29 is 0 Å². The number of nitrogens with zero attached hydrogens (tertiary/aromatic N) is 4. The SMILES string of the molecule is CN1CCCC1Cn1c(C2CCCS2)nc2cccnc21. The Bertz CT molecular complexity index is 632. The summed E-state index contributed by atoms with van der Waals surface area (Å²) < 4.78 is 2.41. The number of imidazole rings is 1. The van der Waals surface area contributed by atoms with Crippen molar-refractivity contribution in [2.24, 2.45) is 0 Å². The van der Waals surface area contributed by atoms with E-state index < -0.39 is 0 Å². The van der Waals surface area contributed by atoms with Crippen LogP contribution in [0.1, 0.15) is 36.8 Å². The summed E-state index contributed by atoms with van der Waals surface area (Å²) in [4.78, 5) is 12.0. The monoisotopic (exact) mass is 302 g/mol. The zero-order valence-corrected chi connectivity index (χ0v) is 13.4. The Morgan fingerprint density at radius 3 is 3.05 bits per heavy atom. The first-order valence-electron chi connectivity index (χ1n) is 7.96. The van der Waals surface area contributed by atoms with E-state index in [0.29, 0.717) is 11.3 Å². The lowest BCUT2D eigenvalue weighted by atomic mass is 10.2. The van der Waals surface area contributed by atoms with Crippen LogP contribution in [0, 0.1) is 0 Å². The van der Waals surface area contributed by atoms with Crippen molar-refractivity contribution in [1.82, 2.24) is 19.4 Å². The highest BCUT2D eigenvalue weighted by Crippen LogP contribution is 2.40. The third-order valence-electron chi connectivity index (χ3n) is 4.82. The van der Waals surface area contributed by atoms with Crippen molar-refractivity contribution in [2.45, 2.75) is 43.5 Å². The van der Waals surface area contributed by atoms with Crippen LogP contribution in [0.5, 0.6) is 0 Å². The average Bonchev–Trinajstić information content (AvgIpc) is 3.21. The third-order valence-corrected chi connectivity index (χ3v) is 6.19. The molecule has 0 bridgehead atoms. The quantitative estimate of drug-likeness (QED) is 0.872.